The summed E-state index contributed by atoms with van der Waals surface area (Å²) >= 11 is 0. The molecule has 0 unspecified atom stereocenters. The lowest BCUT2D eigenvalue weighted by molar-refractivity contribution is 0.408. The molecule has 0 saturated carbocycles. The number of anilines is 1. The fraction of sp³-hybridized carbons (Fsp3) is 0.500. The van der Waals surface area contributed by atoms with E-state index in [9.17, 15) is 0 Å². The Balaban J connectivity index is 2.98. The van der Waals surface area contributed by atoms with Crippen molar-refractivity contribution in [2.24, 2.45) is 5.84 Å². The molecule has 90 valence electrons. The summed E-state index contributed by atoms with van der Waals surface area (Å²) in [6.45, 7) is 6.89. The first-order chi connectivity index (χ1) is 7.76. The average Bonchev–Trinajstić information content (AvgIpc) is 2.32. The van der Waals surface area contributed by atoms with Crippen LogP contribution in [0.4, 0.5) is 5.69 Å². The van der Waals surface area contributed by atoms with E-state index in [1.165, 1.54) is 5.69 Å². The first-order valence-corrected chi connectivity index (χ1v) is 5.62. The van der Waals surface area contributed by atoms with Gasteiger partial charge in [0, 0.05) is 37.0 Å². The Labute approximate surface area is 97.4 Å². The number of benzene rings is 1. The van der Waals surface area contributed by atoms with Crippen molar-refractivity contribution in [3.63, 3.8) is 0 Å². The van der Waals surface area contributed by atoms with Gasteiger partial charge < -0.3 is 9.64 Å². The van der Waals surface area contributed by atoms with Crippen LogP contribution in [0.25, 0.3) is 0 Å². The van der Waals surface area contributed by atoms with Gasteiger partial charge in [0.2, 0.25) is 0 Å². The molecule has 16 heavy (non-hydrogen) atoms. The predicted octanol–water partition coefficient (Wildman–Crippen LogP) is 1.50. The van der Waals surface area contributed by atoms with Crippen molar-refractivity contribution in [3.8, 4) is 5.75 Å². The van der Waals surface area contributed by atoms with Gasteiger partial charge in [0.25, 0.3) is 0 Å². The largest absolute Gasteiger partial charge is 0.496 e. The van der Waals surface area contributed by atoms with Gasteiger partial charge in [-0.1, -0.05) is 6.07 Å². The Morgan fingerprint density at radius 1 is 1.31 bits per heavy atom. The van der Waals surface area contributed by atoms with Crippen LogP contribution in [0.15, 0.2) is 18.2 Å². The van der Waals surface area contributed by atoms with E-state index in [1.54, 1.807) is 7.11 Å². The number of nitrogens with two attached hydrogens (primary N) is 1. The Hall–Kier alpha value is -1.26. The molecule has 3 N–H and O–H groups in total. The van der Waals surface area contributed by atoms with Crippen LogP contribution in [0.2, 0.25) is 0 Å². The number of methoxy groups -OCH3 is 1. The molecule has 0 fully saturated rings. The zero-order valence-electron chi connectivity index (χ0n) is 10.3. The topological polar surface area (TPSA) is 50.5 Å². The number of hydrogen-bond donors (Lipinski definition) is 2. The van der Waals surface area contributed by atoms with E-state index in [0.29, 0.717) is 6.54 Å². The van der Waals surface area contributed by atoms with Crippen molar-refractivity contribution < 1.29 is 4.74 Å². The minimum atomic E-state index is 0.613. The molecule has 0 amide bonds. The molecular weight excluding hydrogens is 202 g/mol. The van der Waals surface area contributed by atoms with Crippen molar-refractivity contribution in [2.75, 3.05) is 25.1 Å². The van der Waals surface area contributed by atoms with E-state index in [-0.39, 0.29) is 0 Å². The number of hydrogen-bond acceptors (Lipinski definition) is 4. The van der Waals surface area contributed by atoms with Crippen molar-refractivity contribution in [2.45, 2.75) is 20.4 Å². The molecule has 1 rings (SSSR count). The van der Waals surface area contributed by atoms with Crippen molar-refractivity contribution in [1.29, 1.82) is 0 Å². The Kier molecular flexibility index (Phi) is 5.08. The van der Waals surface area contributed by atoms with Crippen LogP contribution in [0.5, 0.6) is 5.75 Å². The molecule has 0 aromatic heterocycles. The zero-order chi connectivity index (χ0) is 12.0. The number of nitrogens with zero attached hydrogens (tertiary/aromatic N) is 1. The minimum Gasteiger partial charge on any atom is -0.496 e. The maximum atomic E-state index is 5.36. The van der Waals surface area contributed by atoms with E-state index >= 15 is 0 Å². The summed E-state index contributed by atoms with van der Waals surface area (Å²) in [5.41, 5.74) is 4.90. The van der Waals surface area contributed by atoms with Crippen LogP contribution in [0.1, 0.15) is 19.4 Å². The minimum absolute atomic E-state index is 0.613. The second-order valence-electron chi connectivity index (χ2n) is 3.55. The van der Waals surface area contributed by atoms with Gasteiger partial charge >= 0.3 is 0 Å². The molecule has 0 spiro atoms. The van der Waals surface area contributed by atoms with Crippen LogP contribution in [0.3, 0.4) is 0 Å². The first-order valence-electron chi connectivity index (χ1n) is 5.62. The molecule has 1 aromatic rings. The van der Waals surface area contributed by atoms with Crippen LogP contribution < -0.4 is 20.9 Å². The lowest BCUT2D eigenvalue weighted by atomic mass is 10.1. The molecule has 0 radical (unpaired) electrons. The van der Waals surface area contributed by atoms with E-state index in [1.807, 2.05) is 6.07 Å². The van der Waals surface area contributed by atoms with Gasteiger partial charge in [-0.2, -0.15) is 0 Å². The van der Waals surface area contributed by atoms with E-state index in [4.69, 9.17) is 10.6 Å². The first kappa shape index (κ1) is 12.8. The van der Waals surface area contributed by atoms with E-state index in [2.05, 4.69) is 36.3 Å². The van der Waals surface area contributed by atoms with Gasteiger partial charge in [-0.15, -0.1) is 0 Å². The SMILES string of the molecule is CCN(CC)c1ccc(CNN)c(OC)c1. The second-order valence-corrected chi connectivity index (χ2v) is 3.55. The van der Waals surface area contributed by atoms with Gasteiger partial charge in [-0.05, 0) is 19.9 Å². The Morgan fingerprint density at radius 3 is 2.50 bits per heavy atom. The summed E-state index contributed by atoms with van der Waals surface area (Å²) in [5.74, 6) is 6.20. The quantitative estimate of drug-likeness (QED) is 0.567. The van der Waals surface area contributed by atoms with E-state index < -0.39 is 0 Å². The summed E-state index contributed by atoms with van der Waals surface area (Å²) in [6.07, 6.45) is 0. The summed E-state index contributed by atoms with van der Waals surface area (Å²) in [6, 6.07) is 6.20. The fourth-order valence-corrected chi connectivity index (χ4v) is 1.77. The fourth-order valence-electron chi connectivity index (χ4n) is 1.77. The normalized spacial score (nSPS) is 10.2. The van der Waals surface area contributed by atoms with Crippen molar-refractivity contribution in [3.05, 3.63) is 23.8 Å². The number of rotatable bonds is 6. The van der Waals surface area contributed by atoms with Gasteiger partial charge in [0.15, 0.2) is 0 Å². The molecule has 1 aromatic carbocycles. The lowest BCUT2D eigenvalue weighted by Crippen LogP contribution is -2.23. The lowest BCUT2D eigenvalue weighted by Gasteiger charge is -2.22. The molecule has 0 aliphatic rings. The van der Waals surface area contributed by atoms with Gasteiger partial charge in [-0.3, -0.25) is 11.3 Å². The summed E-state index contributed by atoms with van der Waals surface area (Å²) in [5, 5.41) is 0. The molecule has 0 atom stereocenters. The highest BCUT2D eigenvalue weighted by Gasteiger charge is 2.07. The van der Waals surface area contributed by atoms with Gasteiger partial charge in [0.05, 0.1) is 7.11 Å². The monoisotopic (exact) mass is 223 g/mol. The van der Waals surface area contributed by atoms with Crippen LogP contribution in [-0.2, 0) is 6.54 Å². The maximum Gasteiger partial charge on any atom is 0.125 e. The summed E-state index contributed by atoms with van der Waals surface area (Å²) in [4.78, 5) is 2.28. The third-order valence-corrected chi connectivity index (χ3v) is 2.69. The molecule has 0 bridgehead atoms. The molecule has 4 nitrogen and oxygen atoms in total. The molecular formula is C12H21N3O. The summed E-state index contributed by atoms with van der Waals surface area (Å²) < 4.78 is 5.36. The number of ether oxygens (including phenoxy) is 1. The maximum absolute atomic E-state index is 5.36. The summed E-state index contributed by atoms with van der Waals surface area (Å²) in [7, 11) is 1.68. The third-order valence-electron chi connectivity index (χ3n) is 2.69. The van der Waals surface area contributed by atoms with Crippen LogP contribution >= 0.6 is 0 Å². The van der Waals surface area contributed by atoms with Crippen molar-refractivity contribution in [1.82, 2.24) is 5.43 Å². The van der Waals surface area contributed by atoms with Crippen LogP contribution in [-0.4, -0.2) is 20.2 Å². The zero-order valence-corrected chi connectivity index (χ0v) is 10.3. The average molecular weight is 223 g/mol. The second kappa shape index (κ2) is 6.35. The molecule has 0 heterocycles. The number of nitrogens with one attached hydrogen (secondary N) is 1. The van der Waals surface area contributed by atoms with Gasteiger partial charge in [0.1, 0.15) is 5.75 Å². The Morgan fingerprint density at radius 2 is 2.00 bits per heavy atom. The van der Waals surface area contributed by atoms with Gasteiger partial charge in [-0.25, -0.2) is 0 Å². The standard InChI is InChI=1S/C12H21N3O/c1-4-15(5-2)11-7-6-10(9-14-13)12(8-11)16-3/h6-8,14H,4-5,9,13H2,1-3H3. The van der Waals surface area contributed by atoms with Crippen LogP contribution in [0, 0.1) is 0 Å². The molecule has 0 aliphatic carbocycles. The Bertz CT molecular complexity index is 324. The molecule has 4 heteroatoms. The van der Waals surface area contributed by atoms with E-state index in [0.717, 1.165) is 24.4 Å². The smallest absolute Gasteiger partial charge is 0.125 e. The third kappa shape index (κ3) is 2.87. The highest BCUT2D eigenvalue weighted by atomic mass is 16.5. The highest BCUT2D eigenvalue weighted by Crippen LogP contribution is 2.25. The molecule has 0 aliphatic heterocycles. The van der Waals surface area contributed by atoms with Crippen molar-refractivity contribution >= 4 is 5.69 Å². The molecule has 0 saturated heterocycles. The highest BCUT2D eigenvalue weighted by molar-refractivity contribution is 5.53. The predicted molar refractivity (Wildman–Crippen MR) is 67.6 cm³/mol. The number of hydrazine groups is 1.